The smallest absolute Gasteiger partial charge is 0.240 e. The predicted molar refractivity (Wildman–Crippen MR) is 139 cm³/mol. The molecule has 0 bridgehead atoms. The molecule has 200 valence electrons. The molecule has 1 aliphatic rings. The number of carbonyl (C=O) groups is 1. The number of Topliss-reactive ketones (excluding diaryl/α,β-unsaturated/α-hetero) is 1. The number of aryl methyl sites for hydroxylation is 1. The van der Waals surface area contributed by atoms with Gasteiger partial charge in [0.2, 0.25) is 10.0 Å². The Kier molecular flexibility index (Phi) is 9.49. The van der Waals surface area contributed by atoms with Crippen LogP contribution in [0.5, 0.6) is 0 Å². The minimum atomic E-state index is -4.15. The largest absolute Gasteiger partial charge is 0.390 e. The molecular weight excluding hydrogens is 500 g/mol. The van der Waals surface area contributed by atoms with E-state index >= 15 is 0 Å². The molecule has 0 aliphatic heterocycles. The van der Waals surface area contributed by atoms with Crippen LogP contribution in [0.1, 0.15) is 37.0 Å². The van der Waals surface area contributed by atoms with Crippen molar-refractivity contribution in [3.8, 4) is 0 Å². The first-order chi connectivity index (χ1) is 17.4. The molecule has 1 unspecified atom stereocenters. The average Bonchev–Trinajstić information content (AvgIpc) is 2.83. The van der Waals surface area contributed by atoms with Gasteiger partial charge in [-0.25, -0.2) is 21.9 Å². The summed E-state index contributed by atoms with van der Waals surface area (Å²) in [5, 5.41) is 14.0. The summed E-state index contributed by atoms with van der Waals surface area (Å²) in [6, 6.07) is 9.73. The molecule has 0 heterocycles. The third-order valence-electron chi connectivity index (χ3n) is 6.38. The van der Waals surface area contributed by atoms with Gasteiger partial charge in [0, 0.05) is 19.2 Å². The zero-order valence-electron chi connectivity index (χ0n) is 20.9. The van der Waals surface area contributed by atoms with E-state index in [9.17, 15) is 27.1 Å². The molecule has 5 N–H and O–H groups in total. The molecule has 0 radical (unpaired) electrons. The van der Waals surface area contributed by atoms with Crippen LogP contribution in [0.2, 0.25) is 0 Å². The molecule has 10 heteroatoms. The van der Waals surface area contributed by atoms with Crippen LogP contribution in [0.15, 0.2) is 65.6 Å². The van der Waals surface area contributed by atoms with Crippen molar-refractivity contribution in [2.75, 3.05) is 6.54 Å². The van der Waals surface area contributed by atoms with E-state index in [1.165, 1.54) is 30.7 Å². The fraction of sp³-hybridized carbons (Fsp3) is 0.370. The van der Waals surface area contributed by atoms with Crippen molar-refractivity contribution in [1.82, 2.24) is 10.0 Å². The minimum absolute atomic E-state index is 0.00418. The van der Waals surface area contributed by atoms with E-state index in [0.717, 1.165) is 30.2 Å². The van der Waals surface area contributed by atoms with E-state index < -0.39 is 39.3 Å². The number of nitrogens with two attached hydrogens (primary N) is 1. The Balaban J connectivity index is 1.76. The highest BCUT2D eigenvalue weighted by Crippen LogP contribution is 2.23. The Bertz CT molecular complexity index is 1280. The number of hydrogen-bond acceptors (Lipinski definition) is 6. The van der Waals surface area contributed by atoms with Crippen LogP contribution in [-0.4, -0.2) is 43.5 Å². The van der Waals surface area contributed by atoms with E-state index in [1.807, 2.05) is 31.2 Å². The van der Waals surface area contributed by atoms with Crippen molar-refractivity contribution in [2.24, 2.45) is 5.73 Å². The van der Waals surface area contributed by atoms with Crippen LogP contribution in [0.4, 0.5) is 8.78 Å². The molecule has 0 amide bonds. The summed E-state index contributed by atoms with van der Waals surface area (Å²) < 4.78 is 56.3. The van der Waals surface area contributed by atoms with Gasteiger partial charge in [-0.2, -0.15) is 0 Å². The zero-order valence-corrected chi connectivity index (χ0v) is 21.7. The summed E-state index contributed by atoms with van der Waals surface area (Å²) in [7, 11) is -4.15. The fourth-order valence-electron chi connectivity index (χ4n) is 4.07. The summed E-state index contributed by atoms with van der Waals surface area (Å²) >= 11 is 0. The number of rotatable bonds is 12. The maximum absolute atomic E-state index is 13.8. The Morgan fingerprint density at radius 1 is 1.14 bits per heavy atom. The normalized spacial score (nSPS) is 19.4. The van der Waals surface area contributed by atoms with Crippen LogP contribution in [0.25, 0.3) is 0 Å². The van der Waals surface area contributed by atoms with Gasteiger partial charge in [-0.05, 0) is 61.1 Å². The SMILES string of the molecule is CCc1cccc(CNC[C@H](O)[C@H](Cc2cc(F)cc(F)c2)NS(=O)(=O)C2=CCC(N)(C(C)=O)C=C2)c1. The highest BCUT2D eigenvalue weighted by molar-refractivity contribution is 7.93. The van der Waals surface area contributed by atoms with Crippen molar-refractivity contribution in [2.45, 2.75) is 57.3 Å². The molecule has 0 fully saturated rings. The Hall–Kier alpha value is -2.76. The van der Waals surface area contributed by atoms with E-state index in [1.54, 1.807) is 0 Å². The number of hydrogen-bond donors (Lipinski definition) is 4. The van der Waals surface area contributed by atoms with Crippen molar-refractivity contribution >= 4 is 15.8 Å². The van der Waals surface area contributed by atoms with Gasteiger partial charge in [-0.15, -0.1) is 0 Å². The quantitative estimate of drug-likeness (QED) is 0.333. The topological polar surface area (TPSA) is 122 Å². The second kappa shape index (κ2) is 12.2. The monoisotopic (exact) mass is 533 g/mol. The van der Waals surface area contributed by atoms with Gasteiger partial charge in [-0.1, -0.05) is 43.3 Å². The highest BCUT2D eigenvalue weighted by Gasteiger charge is 2.33. The van der Waals surface area contributed by atoms with Gasteiger partial charge in [0.15, 0.2) is 5.78 Å². The van der Waals surface area contributed by atoms with Gasteiger partial charge >= 0.3 is 0 Å². The zero-order chi connectivity index (χ0) is 27.2. The number of nitrogens with one attached hydrogen (secondary N) is 2. The summed E-state index contributed by atoms with van der Waals surface area (Å²) in [4.78, 5) is 11.7. The molecule has 7 nitrogen and oxygen atoms in total. The van der Waals surface area contributed by atoms with Crippen LogP contribution in [0.3, 0.4) is 0 Å². The number of sulfonamides is 1. The molecule has 3 rings (SSSR count). The second-order valence-electron chi connectivity index (χ2n) is 9.32. The standard InChI is InChI=1S/C27H33F2N3O4S/c1-3-19-5-4-6-20(11-19)16-31-17-26(34)25(14-21-12-22(28)15-23(29)13-21)32-37(35,36)24-7-9-27(30,10-8-24)18(2)33/h4-9,11-13,15,25-26,31-32,34H,3,10,14,16-17,30H2,1-2H3/t25-,26-,27?/m0/s1. The van der Waals surface area contributed by atoms with E-state index in [0.29, 0.717) is 6.54 Å². The Morgan fingerprint density at radius 3 is 2.41 bits per heavy atom. The number of halogens is 2. The number of aliphatic hydroxyl groups is 1. The molecule has 0 spiro atoms. The Morgan fingerprint density at radius 2 is 1.81 bits per heavy atom. The number of aliphatic hydroxyl groups excluding tert-OH is 1. The summed E-state index contributed by atoms with van der Waals surface area (Å²) in [6.07, 6.45) is 3.42. The van der Waals surface area contributed by atoms with Gasteiger partial charge in [0.05, 0.1) is 22.6 Å². The highest BCUT2D eigenvalue weighted by atomic mass is 32.2. The lowest BCUT2D eigenvalue weighted by molar-refractivity contribution is -0.120. The number of carbonyl (C=O) groups excluding carboxylic acids is 1. The first-order valence-corrected chi connectivity index (χ1v) is 13.5. The summed E-state index contributed by atoms with van der Waals surface area (Å²) in [5.74, 6) is -1.91. The van der Waals surface area contributed by atoms with E-state index in [2.05, 4.69) is 10.0 Å². The lowest BCUT2D eigenvalue weighted by Crippen LogP contribution is -2.49. The van der Waals surface area contributed by atoms with Crippen LogP contribution >= 0.6 is 0 Å². The molecule has 0 saturated heterocycles. The van der Waals surface area contributed by atoms with E-state index in [-0.39, 0.29) is 35.6 Å². The summed E-state index contributed by atoms with van der Waals surface area (Å²) in [6.45, 7) is 3.84. The maximum Gasteiger partial charge on any atom is 0.240 e. The van der Waals surface area contributed by atoms with Crippen LogP contribution in [0, 0.1) is 11.6 Å². The van der Waals surface area contributed by atoms with Gasteiger partial charge in [-0.3, -0.25) is 4.79 Å². The maximum atomic E-state index is 13.8. The van der Waals surface area contributed by atoms with Crippen LogP contribution < -0.4 is 15.8 Å². The van der Waals surface area contributed by atoms with Crippen molar-refractivity contribution in [1.29, 1.82) is 0 Å². The number of allylic oxidation sites excluding steroid dienone is 1. The first kappa shape index (κ1) is 28.8. The average molecular weight is 534 g/mol. The van der Waals surface area contributed by atoms with Crippen molar-refractivity contribution in [3.63, 3.8) is 0 Å². The van der Waals surface area contributed by atoms with Gasteiger partial charge in [0.1, 0.15) is 11.6 Å². The van der Waals surface area contributed by atoms with E-state index in [4.69, 9.17) is 5.73 Å². The molecular formula is C27H33F2N3O4S. The lowest BCUT2D eigenvalue weighted by atomic mass is 9.89. The molecule has 3 atom stereocenters. The van der Waals surface area contributed by atoms with Gasteiger partial charge < -0.3 is 16.2 Å². The fourth-order valence-corrected chi connectivity index (χ4v) is 5.39. The number of benzene rings is 2. The molecule has 0 saturated carbocycles. The molecule has 1 aliphatic carbocycles. The minimum Gasteiger partial charge on any atom is -0.390 e. The third kappa shape index (κ3) is 7.86. The first-order valence-electron chi connectivity index (χ1n) is 12.0. The van der Waals surface area contributed by atoms with Crippen LogP contribution in [-0.2, 0) is 34.2 Å². The third-order valence-corrected chi connectivity index (χ3v) is 7.92. The molecule has 2 aromatic rings. The lowest BCUT2D eigenvalue weighted by Gasteiger charge is -2.27. The number of ketones is 1. The second-order valence-corrected chi connectivity index (χ2v) is 11.0. The van der Waals surface area contributed by atoms with Gasteiger partial charge in [0.25, 0.3) is 0 Å². The molecule has 37 heavy (non-hydrogen) atoms. The summed E-state index contributed by atoms with van der Waals surface area (Å²) in [5.41, 5.74) is 7.07. The van der Waals surface area contributed by atoms with Crippen molar-refractivity contribution in [3.05, 3.63) is 93.9 Å². The molecule has 2 aromatic carbocycles. The van der Waals surface area contributed by atoms with Crippen molar-refractivity contribution < 1.29 is 27.1 Å². The predicted octanol–water partition coefficient (Wildman–Crippen LogP) is 2.64. The Labute approximate surface area is 216 Å². The molecule has 0 aromatic heterocycles.